The number of anilines is 1. The zero-order valence-electron chi connectivity index (χ0n) is 19.7. The van der Waals surface area contributed by atoms with Gasteiger partial charge in [-0.2, -0.15) is 0 Å². The number of likely N-dealkylation sites (tertiary alicyclic amines) is 1. The number of fused-ring (bicyclic) bond motifs is 1. The molecule has 2 saturated heterocycles. The van der Waals surface area contributed by atoms with Crippen LogP contribution in [0.25, 0.3) is 0 Å². The maximum absolute atomic E-state index is 13.2. The number of carbonyl (C=O) groups is 1. The van der Waals surface area contributed by atoms with Crippen molar-refractivity contribution in [3.8, 4) is 0 Å². The van der Waals surface area contributed by atoms with Gasteiger partial charge in [0.15, 0.2) is 5.82 Å². The number of hydrogen-bond donors (Lipinski definition) is 0. The summed E-state index contributed by atoms with van der Waals surface area (Å²) >= 11 is 0. The third-order valence-electron chi connectivity index (χ3n) is 7.21. The van der Waals surface area contributed by atoms with Crippen LogP contribution in [0.5, 0.6) is 0 Å². The Bertz CT molecular complexity index is 961. The molecule has 7 heteroatoms. The lowest BCUT2D eigenvalue weighted by molar-refractivity contribution is -0.134. The maximum Gasteiger partial charge on any atom is 0.237 e. The molecule has 0 unspecified atom stereocenters. The molecular weight excluding hydrogens is 414 g/mol. The summed E-state index contributed by atoms with van der Waals surface area (Å²) in [6.07, 6.45) is 5.13. The lowest BCUT2D eigenvalue weighted by Crippen LogP contribution is -2.44. The second-order valence-corrected chi connectivity index (χ2v) is 9.43. The van der Waals surface area contributed by atoms with Gasteiger partial charge in [0.2, 0.25) is 5.91 Å². The van der Waals surface area contributed by atoms with Gasteiger partial charge in [0.25, 0.3) is 0 Å². The molecule has 3 aliphatic heterocycles. The average Bonchev–Trinajstić information content (AvgIpc) is 3.34. The second kappa shape index (κ2) is 10.2. The zero-order chi connectivity index (χ0) is 22.6. The van der Waals surface area contributed by atoms with Crippen molar-refractivity contribution < 1.29 is 9.53 Å². The number of ether oxygens (including phenoxy) is 1. The van der Waals surface area contributed by atoms with E-state index in [2.05, 4.69) is 47.1 Å². The molecule has 176 valence electrons. The van der Waals surface area contributed by atoms with Gasteiger partial charge in [0.05, 0.1) is 25.8 Å². The van der Waals surface area contributed by atoms with Gasteiger partial charge in [0.1, 0.15) is 5.82 Å². The third-order valence-corrected chi connectivity index (χ3v) is 7.21. The van der Waals surface area contributed by atoms with Gasteiger partial charge in [-0.25, -0.2) is 9.97 Å². The quantitative estimate of drug-likeness (QED) is 0.676. The smallest absolute Gasteiger partial charge is 0.237 e. The van der Waals surface area contributed by atoms with E-state index in [-0.39, 0.29) is 11.9 Å². The molecule has 7 nitrogen and oxygen atoms in total. The largest absolute Gasteiger partial charge is 0.379 e. The number of rotatable bonds is 6. The first-order valence-electron chi connectivity index (χ1n) is 12.4. The molecule has 1 aromatic heterocycles. The van der Waals surface area contributed by atoms with Crippen LogP contribution < -0.4 is 4.90 Å². The standard InChI is InChI=1S/C26H35N5O2/c1-20-22-9-5-12-30(14-11-21-7-3-2-4-8-21)26(22)28-25(27-20)23-10-6-13-31(23)24(32)19-29-15-17-33-18-16-29/h2-4,7-8,23H,5-6,9-19H2,1H3/t23-/m1/s1. The van der Waals surface area contributed by atoms with Crippen LogP contribution in [0, 0.1) is 6.92 Å². The predicted octanol–water partition coefficient (Wildman–Crippen LogP) is 2.78. The van der Waals surface area contributed by atoms with Crippen molar-refractivity contribution >= 4 is 11.7 Å². The molecule has 0 radical (unpaired) electrons. The minimum atomic E-state index is -0.0135. The zero-order valence-corrected chi connectivity index (χ0v) is 19.7. The van der Waals surface area contributed by atoms with Crippen molar-refractivity contribution in [2.45, 2.75) is 45.1 Å². The highest BCUT2D eigenvalue weighted by Gasteiger charge is 2.34. The highest BCUT2D eigenvalue weighted by Crippen LogP contribution is 2.34. The molecule has 2 fully saturated rings. The molecule has 0 N–H and O–H groups in total. The fourth-order valence-electron chi connectivity index (χ4n) is 5.36. The summed E-state index contributed by atoms with van der Waals surface area (Å²) in [5.74, 6) is 2.11. The fourth-order valence-corrected chi connectivity index (χ4v) is 5.36. The number of amides is 1. The van der Waals surface area contributed by atoms with Gasteiger partial charge in [-0.15, -0.1) is 0 Å². The molecule has 33 heavy (non-hydrogen) atoms. The first-order valence-corrected chi connectivity index (χ1v) is 12.4. The Morgan fingerprint density at radius 1 is 1.06 bits per heavy atom. The number of aryl methyl sites for hydroxylation is 1. The minimum absolute atomic E-state index is 0.0135. The molecule has 1 amide bonds. The van der Waals surface area contributed by atoms with Crippen molar-refractivity contribution in [1.29, 1.82) is 0 Å². The van der Waals surface area contributed by atoms with E-state index in [1.54, 1.807) is 0 Å². The Labute approximate surface area is 196 Å². The first-order chi connectivity index (χ1) is 16.2. The van der Waals surface area contributed by atoms with E-state index >= 15 is 0 Å². The van der Waals surface area contributed by atoms with Crippen LogP contribution in [0.4, 0.5) is 5.82 Å². The van der Waals surface area contributed by atoms with Crippen LogP contribution in [0.15, 0.2) is 30.3 Å². The van der Waals surface area contributed by atoms with Crippen LogP contribution >= 0.6 is 0 Å². The van der Waals surface area contributed by atoms with Gasteiger partial charge in [-0.05, 0) is 44.6 Å². The normalized spacial score (nSPS) is 21.3. The summed E-state index contributed by atoms with van der Waals surface area (Å²) in [6.45, 7) is 8.43. The third kappa shape index (κ3) is 5.04. The number of carbonyl (C=O) groups excluding carboxylic acids is 1. The van der Waals surface area contributed by atoms with Gasteiger partial charge in [0, 0.05) is 44.0 Å². The van der Waals surface area contributed by atoms with Crippen LogP contribution in [-0.4, -0.2) is 78.2 Å². The van der Waals surface area contributed by atoms with Crippen LogP contribution in [0.1, 0.15) is 47.9 Å². The Hall–Kier alpha value is -2.51. The summed E-state index contributed by atoms with van der Waals surface area (Å²) in [5.41, 5.74) is 3.71. The Balaban J connectivity index is 1.34. The van der Waals surface area contributed by atoms with Gasteiger partial charge in [-0.3, -0.25) is 9.69 Å². The number of aromatic nitrogens is 2. The highest BCUT2D eigenvalue weighted by molar-refractivity contribution is 5.79. The maximum atomic E-state index is 13.2. The average molecular weight is 450 g/mol. The Morgan fingerprint density at radius 3 is 2.70 bits per heavy atom. The molecule has 0 saturated carbocycles. The van der Waals surface area contributed by atoms with Crippen LogP contribution in [0.3, 0.4) is 0 Å². The predicted molar refractivity (Wildman–Crippen MR) is 128 cm³/mol. The van der Waals surface area contributed by atoms with E-state index in [0.29, 0.717) is 19.8 Å². The second-order valence-electron chi connectivity index (χ2n) is 9.43. The molecule has 4 heterocycles. The Morgan fingerprint density at radius 2 is 1.88 bits per heavy atom. The number of morpholine rings is 1. The van der Waals surface area contributed by atoms with Gasteiger partial charge >= 0.3 is 0 Å². The molecule has 3 aliphatic rings. The van der Waals surface area contributed by atoms with E-state index in [4.69, 9.17) is 14.7 Å². The molecule has 0 spiro atoms. The number of benzene rings is 1. The van der Waals surface area contributed by atoms with Crippen LogP contribution in [0.2, 0.25) is 0 Å². The van der Waals surface area contributed by atoms with E-state index in [9.17, 15) is 4.79 Å². The van der Waals surface area contributed by atoms with Crippen molar-refractivity contribution in [1.82, 2.24) is 19.8 Å². The molecule has 1 atom stereocenters. The highest BCUT2D eigenvalue weighted by atomic mass is 16.5. The van der Waals surface area contributed by atoms with Crippen molar-refractivity contribution in [3.63, 3.8) is 0 Å². The molecule has 1 aromatic carbocycles. The summed E-state index contributed by atoms with van der Waals surface area (Å²) in [5, 5.41) is 0. The molecule has 5 rings (SSSR count). The summed E-state index contributed by atoms with van der Waals surface area (Å²) in [6, 6.07) is 10.6. The van der Waals surface area contributed by atoms with E-state index in [0.717, 1.165) is 82.2 Å². The van der Waals surface area contributed by atoms with E-state index < -0.39 is 0 Å². The number of nitrogens with zero attached hydrogens (tertiary/aromatic N) is 5. The van der Waals surface area contributed by atoms with Gasteiger partial charge in [-0.1, -0.05) is 30.3 Å². The monoisotopic (exact) mass is 449 g/mol. The van der Waals surface area contributed by atoms with Crippen molar-refractivity contribution in [2.24, 2.45) is 0 Å². The van der Waals surface area contributed by atoms with Gasteiger partial charge < -0.3 is 14.5 Å². The Kier molecular flexibility index (Phi) is 6.88. The summed E-state index contributed by atoms with van der Waals surface area (Å²) < 4.78 is 5.43. The van der Waals surface area contributed by atoms with Crippen molar-refractivity contribution in [2.75, 3.05) is 57.4 Å². The summed E-state index contributed by atoms with van der Waals surface area (Å²) in [7, 11) is 0. The number of hydrogen-bond acceptors (Lipinski definition) is 6. The molecule has 0 aliphatic carbocycles. The van der Waals surface area contributed by atoms with E-state index in [1.807, 2.05) is 4.90 Å². The lowest BCUT2D eigenvalue weighted by Gasteiger charge is -2.33. The SMILES string of the molecule is Cc1nc([C@H]2CCCN2C(=O)CN2CCOCC2)nc2c1CCCN2CCc1ccccc1. The van der Waals surface area contributed by atoms with Crippen molar-refractivity contribution in [3.05, 3.63) is 53.0 Å². The first kappa shape index (κ1) is 22.3. The summed E-state index contributed by atoms with van der Waals surface area (Å²) in [4.78, 5) is 29.9. The minimum Gasteiger partial charge on any atom is -0.379 e. The topological polar surface area (TPSA) is 61.8 Å². The van der Waals surface area contributed by atoms with E-state index in [1.165, 1.54) is 11.1 Å². The molecule has 0 bridgehead atoms. The lowest BCUT2D eigenvalue weighted by atomic mass is 10.0. The fraction of sp³-hybridized carbons (Fsp3) is 0.577. The van der Waals surface area contributed by atoms with Crippen LogP contribution in [-0.2, 0) is 22.4 Å². The molecular formula is C26H35N5O2. The molecule has 2 aromatic rings.